The van der Waals surface area contributed by atoms with Gasteiger partial charge in [0.05, 0.1) is 0 Å². The van der Waals surface area contributed by atoms with E-state index in [0.717, 1.165) is 58.5 Å². The standard InChI is InChI=1S/C22H20N4O2/c1-23-21-17-12-24-20(26-22(27)14-6-7-14)10-15(17)16(11-25-21)19-9-8-13-4-2-3-5-18(13)28-19/h2-5,9-12,14H,6-8H2,1H3,(H,23,25)(H,24,26,27). The predicted molar refractivity (Wildman–Crippen MR) is 109 cm³/mol. The lowest BCUT2D eigenvalue weighted by atomic mass is 10.0. The number of rotatable bonds is 4. The summed E-state index contributed by atoms with van der Waals surface area (Å²) in [6.45, 7) is 0. The lowest BCUT2D eigenvalue weighted by Crippen LogP contribution is -2.14. The Hall–Kier alpha value is -3.41. The first kappa shape index (κ1) is 16.7. The van der Waals surface area contributed by atoms with Gasteiger partial charge in [-0.3, -0.25) is 4.79 Å². The molecule has 1 amide bonds. The molecule has 0 bridgehead atoms. The molecule has 5 rings (SSSR count). The second kappa shape index (κ2) is 6.64. The van der Waals surface area contributed by atoms with E-state index in [4.69, 9.17) is 4.74 Å². The number of para-hydroxylation sites is 1. The molecule has 2 aromatic heterocycles. The fraction of sp³-hybridized carbons (Fsp3) is 0.227. The zero-order valence-corrected chi connectivity index (χ0v) is 15.5. The zero-order valence-electron chi connectivity index (χ0n) is 15.5. The molecule has 1 aromatic carbocycles. The number of carbonyl (C=O) groups is 1. The third kappa shape index (κ3) is 2.97. The number of pyridine rings is 2. The van der Waals surface area contributed by atoms with Gasteiger partial charge in [-0.1, -0.05) is 18.2 Å². The van der Waals surface area contributed by atoms with Crippen LogP contribution in [0.15, 0.2) is 48.8 Å². The molecule has 0 radical (unpaired) electrons. The molecule has 28 heavy (non-hydrogen) atoms. The molecule has 0 spiro atoms. The normalized spacial score (nSPS) is 15.4. The Labute approximate surface area is 162 Å². The monoisotopic (exact) mass is 372 g/mol. The van der Waals surface area contributed by atoms with Crippen molar-refractivity contribution in [2.75, 3.05) is 17.7 Å². The highest BCUT2D eigenvalue weighted by atomic mass is 16.5. The van der Waals surface area contributed by atoms with Crippen LogP contribution in [0.4, 0.5) is 11.6 Å². The Kier molecular flexibility index (Phi) is 3.97. The molecular formula is C22H20N4O2. The average Bonchev–Trinajstić information content (AvgIpc) is 3.58. The van der Waals surface area contributed by atoms with Crippen molar-refractivity contribution in [2.45, 2.75) is 19.3 Å². The van der Waals surface area contributed by atoms with E-state index in [9.17, 15) is 4.79 Å². The van der Waals surface area contributed by atoms with Crippen LogP contribution in [0.5, 0.6) is 5.75 Å². The Morgan fingerprint density at radius 1 is 1.14 bits per heavy atom. The Morgan fingerprint density at radius 2 is 2.00 bits per heavy atom. The first-order valence-electron chi connectivity index (χ1n) is 9.46. The van der Waals surface area contributed by atoms with Gasteiger partial charge in [-0.05, 0) is 43.0 Å². The highest BCUT2D eigenvalue weighted by Gasteiger charge is 2.30. The van der Waals surface area contributed by atoms with Gasteiger partial charge in [-0.2, -0.15) is 0 Å². The number of anilines is 2. The first-order valence-corrected chi connectivity index (χ1v) is 9.46. The fourth-order valence-electron chi connectivity index (χ4n) is 3.47. The Balaban J connectivity index is 1.58. The van der Waals surface area contributed by atoms with E-state index >= 15 is 0 Å². The number of nitrogens with one attached hydrogen (secondary N) is 2. The molecule has 0 unspecified atom stereocenters. The highest BCUT2D eigenvalue weighted by molar-refractivity contribution is 6.01. The molecule has 0 atom stereocenters. The molecule has 3 heterocycles. The van der Waals surface area contributed by atoms with Gasteiger partial charge in [0.1, 0.15) is 23.1 Å². The van der Waals surface area contributed by atoms with E-state index in [2.05, 4.69) is 32.7 Å². The number of amides is 1. The van der Waals surface area contributed by atoms with Gasteiger partial charge in [-0.15, -0.1) is 0 Å². The lowest BCUT2D eigenvalue weighted by Gasteiger charge is -2.20. The Morgan fingerprint density at radius 3 is 2.82 bits per heavy atom. The molecule has 6 heteroatoms. The summed E-state index contributed by atoms with van der Waals surface area (Å²) in [5.41, 5.74) is 2.04. The summed E-state index contributed by atoms with van der Waals surface area (Å²) < 4.78 is 6.16. The maximum absolute atomic E-state index is 12.1. The second-order valence-electron chi connectivity index (χ2n) is 7.13. The minimum Gasteiger partial charge on any atom is -0.457 e. The van der Waals surface area contributed by atoms with Crippen molar-refractivity contribution >= 4 is 34.1 Å². The zero-order chi connectivity index (χ0) is 19.1. The summed E-state index contributed by atoms with van der Waals surface area (Å²) in [7, 11) is 1.83. The number of ether oxygens (including phenoxy) is 1. The minimum atomic E-state index is 0.0401. The van der Waals surface area contributed by atoms with Gasteiger partial charge < -0.3 is 15.4 Å². The first-order chi connectivity index (χ1) is 13.7. The van der Waals surface area contributed by atoms with Gasteiger partial charge in [0.15, 0.2) is 0 Å². The van der Waals surface area contributed by atoms with E-state index in [1.807, 2.05) is 31.3 Å². The number of allylic oxidation sites excluding steroid dienone is 1. The summed E-state index contributed by atoms with van der Waals surface area (Å²) in [5, 5.41) is 7.85. The maximum atomic E-state index is 12.1. The molecule has 3 aromatic rings. The second-order valence-corrected chi connectivity index (χ2v) is 7.13. The summed E-state index contributed by atoms with van der Waals surface area (Å²) in [4.78, 5) is 21.1. The summed E-state index contributed by atoms with van der Waals surface area (Å²) >= 11 is 0. The number of benzene rings is 1. The number of hydrogen-bond donors (Lipinski definition) is 2. The van der Waals surface area contributed by atoms with Crippen molar-refractivity contribution in [1.82, 2.24) is 9.97 Å². The third-order valence-corrected chi connectivity index (χ3v) is 5.17. The summed E-state index contributed by atoms with van der Waals surface area (Å²) in [6, 6.07) is 9.93. The number of aromatic nitrogens is 2. The topological polar surface area (TPSA) is 76.1 Å². The van der Waals surface area contributed by atoms with Crippen LogP contribution < -0.4 is 15.4 Å². The van der Waals surface area contributed by atoms with Crippen LogP contribution in [0.2, 0.25) is 0 Å². The molecule has 6 nitrogen and oxygen atoms in total. The van der Waals surface area contributed by atoms with E-state index in [1.54, 1.807) is 12.4 Å². The molecule has 1 saturated carbocycles. The molecular weight excluding hydrogens is 352 g/mol. The number of nitrogens with zero attached hydrogens (tertiary/aromatic N) is 2. The van der Waals surface area contributed by atoms with Crippen LogP contribution in [-0.2, 0) is 11.2 Å². The molecule has 0 saturated heterocycles. The van der Waals surface area contributed by atoms with E-state index in [-0.39, 0.29) is 11.8 Å². The summed E-state index contributed by atoms with van der Waals surface area (Å²) in [5.74, 6) is 3.09. The van der Waals surface area contributed by atoms with Crippen molar-refractivity contribution in [1.29, 1.82) is 0 Å². The van der Waals surface area contributed by atoms with Crippen LogP contribution in [0.25, 0.3) is 16.5 Å². The number of fused-ring (bicyclic) bond motifs is 2. The number of hydrogen-bond acceptors (Lipinski definition) is 5. The van der Waals surface area contributed by atoms with Crippen LogP contribution >= 0.6 is 0 Å². The van der Waals surface area contributed by atoms with Crippen molar-refractivity contribution < 1.29 is 9.53 Å². The quantitative estimate of drug-likeness (QED) is 0.724. The van der Waals surface area contributed by atoms with E-state index in [0.29, 0.717) is 5.82 Å². The molecule has 140 valence electrons. The van der Waals surface area contributed by atoms with Crippen LogP contribution in [0, 0.1) is 5.92 Å². The molecule has 1 aliphatic carbocycles. The third-order valence-electron chi connectivity index (χ3n) is 5.17. The SMILES string of the molecule is CNc1ncc(C2=CCc3ccccc3O2)c2cc(NC(=O)C3CC3)ncc12. The van der Waals surface area contributed by atoms with Gasteiger partial charge in [0, 0.05) is 41.7 Å². The number of carbonyl (C=O) groups excluding carboxylic acids is 1. The van der Waals surface area contributed by atoms with Crippen molar-refractivity contribution in [3.8, 4) is 5.75 Å². The molecule has 2 N–H and O–H groups in total. The smallest absolute Gasteiger partial charge is 0.228 e. The van der Waals surface area contributed by atoms with Crippen molar-refractivity contribution in [3.63, 3.8) is 0 Å². The lowest BCUT2D eigenvalue weighted by molar-refractivity contribution is -0.117. The van der Waals surface area contributed by atoms with Crippen molar-refractivity contribution in [2.24, 2.45) is 5.92 Å². The van der Waals surface area contributed by atoms with Crippen molar-refractivity contribution in [3.05, 3.63) is 59.9 Å². The average molecular weight is 372 g/mol. The maximum Gasteiger partial charge on any atom is 0.228 e. The van der Waals surface area contributed by atoms with Crippen LogP contribution in [0.1, 0.15) is 24.0 Å². The molecule has 1 fully saturated rings. The van der Waals surface area contributed by atoms with Gasteiger partial charge >= 0.3 is 0 Å². The van der Waals surface area contributed by atoms with Gasteiger partial charge in [0.25, 0.3) is 0 Å². The van der Waals surface area contributed by atoms with Gasteiger partial charge in [-0.25, -0.2) is 9.97 Å². The fourth-order valence-corrected chi connectivity index (χ4v) is 3.47. The predicted octanol–water partition coefficient (Wildman–Crippen LogP) is 4.00. The van der Waals surface area contributed by atoms with Gasteiger partial charge in [0.2, 0.25) is 5.91 Å². The van der Waals surface area contributed by atoms with Crippen LogP contribution in [-0.4, -0.2) is 22.9 Å². The highest BCUT2D eigenvalue weighted by Crippen LogP contribution is 2.36. The molecule has 2 aliphatic rings. The largest absolute Gasteiger partial charge is 0.457 e. The summed E-state index contributed by atoms with van der Waals surface area (Å²) in [6.07, 6.45) is 8.34. The molecule has 1 aliphatic heterocycles. The van der Waals surface area contributed by atoms with Crippen LogP contribution in [0.3, 0.4) is 0 Å². The van der Waals surface area contributed by atoms with E-state index < -0.39 is 0 Å². The minimum absolute atomic E-state index is 0.0401. The Bertz CT molecular complexity index is 1120. The van der Waals surface area contributed by atoms with E-state index in [1.165, 1.54) is 0 Å².